The molecule has 104 valence electrons. The van der Waals surface area contributed by atoms with Crippen LogP contribution < -0.4 is 5.32 Å². The van der Waals surface area contributed by atoms with Gasteiger partial charge in [0.05, 0.1) is 0 Å². The molecule has 0 fully saturated rings. The van der Waals surface area contributed by atoms with Gasteiger partial charge in [-0.2, -0.15) is 11.8 Å². The molecule has 1 aromatic heterocycles. The highest BCUT2D eigenvalue weighted by molar-refractivity contribution is 7.99. The third-order valence-electron chi connectivity index (χ3n) is 2.86. The van der Waals surface area contributed by atoms with Crippen LogP contribution in [0.2, 0.25) is 0 Å². The zero-order valence-electron chi connectivity index (χ0n) is 12.0. The first-order chi connectivity index (χ1) is 8.80. The fourth-order valence-corrected chi connectivity index (χ4v) is 3.89. The molecule has 1 aromatic rings. The summed E-state index contributed by atoms with van der Waals surface area (Å²) in [6, 6.07) is 5.25. The second-order valence-electron chi connectivity index (χ2n) is 4.65. The van der Waals surface area contributed by atoms with Crippen LogP contribution >= 0.6 is 23.1 Å². The van der Waals surface area contributed by atoms with E-state index in [1.165, 1.54) is 46.9 Å². The quantitative estimate of drug-likeness (QED) is 0.641. The highest BCUT2D eigenvalue weighted by atomic mass is 32.2. The Morgan fingerprint density at radius 2 is 1.94 bits per heavy atom. The molecule has 0 aliphatic carbocycles. The van der Waals surface area contributed by atoms with Crippen molar-refractivity contribution in [1.29, 1.82) is 0 Å². The topological polar surface area (TPSA) is 12.0 Å². The van der Waals surface area contributed by atoms with Crippen molar-refractivity contribution < 1.29 is 0 Å². The van der Waals surface area contributed by atoms with Crippen LogP contribution in [0.15, 0.2) is 12.1 Å². The smallest absolute Gasteiger partial charge is 0.0206 e. The Hall–Kier alpha value is 0.01000. The Morgan fingerprint density at radius 3 is 2.56 bits per heavy atom. The second kappa shape index (κ2) is 9.88. The largest absolute Gasteiger partial charge is 0.313 e. The van der Waals surface area contributed by atoms with Crippen molar-refractivity contribution in [3.05, 3.63) is 21.9 Å². The van der Waals surface area contributed by atoms with Gasteiger partial charge < -0.3 is 5.32 Å². The maximum atomic E-state index is 3.69. The molecule has 18 heavy (non-hydrogen) atoms. The lowest BCUT2D eigenvalue weighted by Crippen LogP contribution is -2.33. The third kappa shape index (κ3) is 6.26. The van der Waals surface area contributed by atoms with Crippen molar-refractivity contribution in [3.8, 4) is 0 Å². The second-order valence-corrected chi connectivity index (χ2v) is 7.05. The van der Waals surface area contributed by atoms with Crippen LogP contribution in [0.25, 0.3) is 0 Å². The van der Waals surface area contributed by atoms with E-state index in [2.05, 4.69) is 50.0 Å². The van der Waals surface area contributed by atoms with E-state index >= 15 is 0 Å². The van der Waals surface area contributed by atoms with E-state index in [0.717, 1.165) is 6.54 Å². The fourth-order valence-electron chi connectivity index (χ4n) is 1.87. The van der Waals surface area contributed by atoms with Gasteiger partial charge in [0.15, 0.2) is 0 Å². The molecule has 1 heterocycles. The summed E-state index contributed by atoms with van der Waals surface area (Å²) < 4.78 is 0. The summed E-state index contributed by atoms with van der Waals surface area (Å²) in [5, 5.41) is 3.69. The van der Waals surface area contributed by atoms with Gasteiger partial charge in [-0.1, -0.05) is 20.8 Å². The normalized spacial score (nSPS) is 12.8. The lowest BCUT2D eigenvalue weighted by atomic mass is 10.2. The summed E-state index contributed by atoms with van der Waals surface area (Å²) in [5.74, 6) is 2.53. The van der Waals surface area contributed by atoms with Crippen molar-refractivity contribution >= 4 is 23.1 Å². The lowest BCUT2D eigenvalue weighted by Gasteiger charge is -2.17. The van der Waals surface area contributed by atoms with E-state index < -0.39 is 0 Å². The van der Waals surface area contributed by atoms with Crippen molar-refractivity contribution in [2.75, 3.05) is 18.1 Å². The van der Waals surface area contributed by atoms with E-state index in [4.69, 9.17) is 0 Å². The van der Waals surface area contributed by atoms with Gasteiger partial charge in [0.1, 0.15) is 0 Å². The molecule has 0 aliphatic heterocycles. The summed E-state index contributed by atoms with van der Waals surface area (Å²) in [7, 11) is 0. The maximum absolute atomic E-state index is 3.69. The van der Waals surface area contributed by atoms with Crippen molar-refractivity contribution in [3.63, 3.8) is 0 Å². The van der Waals surface area contributed by atoms with Crippen molar-refractivity contribution in [1.82, 2.24) is 5.32 Å². The molecular weight excluding hydrogens is 258 g/mol. The summed E-state index contributed by atoms with van der Waals surface area (Å²) >= 11 is 4.07. The fraction of sp³-hybridized carbons (Fsp3) is 0.733. The first kappa shape index (κ1) is 16.1. The monoisotopic (exact) mass is 285 g/mol. The van der Waals surface area contributed by atoms with Gasteiger partial charge in [0.25, 0.3) is 0 Å². The number of hydrogen-bond donors (Lipinski definition) is 1. The SMILES string of the molecule is CCCNC(CSCCC)Cc1ccc(CC)s1. The van der Waals surface area contributed by atoms with Crippen molar-refractivity contribution in [2.24, 2.45) is 0 Å². The van der Waals surface area contributed by atoms with Crippen molar-refractivity contribution in [2.45, 2.75) is 52.5 Å². The zero-order valence-corrected chi connectivity index (χ0v) is 13.6. The van der Waals surface area contributed by atoms with Crippen LogP contribution in [0.3, 0.4) is 0 Å². The van der Waals surface area contributed by atoms with Crippen LogP contribution in [0.1, 0.15) is 43.4 Å². The van der Waals surface area contributed by atoms with Crippen LogP contribution in [0.5, 0.6) is 0 Å². The summed E-state index contributed by atoms with van der Waals surface area (Å²) in [5.41, 5.74) is 0. The molecule has 0 bridgehead atoms. The van der Waals surface area contributed by atoms with E-state index in [-0.39, 0.29) is 0 Å². The van der Waals surface area contributed by atoms with E-state index in [9.17, 15) is 0 Å². The molecule has 0 saturated heterocycles. The van der Waals surface area contributed by atoms with Gasteiger partial charge >= 0.3 is 0 Å². The van der Waals surface area contributed by atoms with Crippen LogP contribution in [0.4, 0.5) is 0 Å². The molecule has 0 aliphatic rings. The molecule has 0 amide bonds. The highest BCUT2D eigenvalue weighted by Gasteiger charge is 2.10. The molecule has 0 aromatic carbocycles. The molecule has 3 heteroatoms. The number of nitrogens with one attached hydrogen (secondary N) is 1. The molecule has 1 unspecified atom stereocenters. The lowest BCUT2D eigenvalue weighted by molar-refractivity contribution is 0.553. The minimum atomic E-state index is 0.643. The molecule has 1 rings (SSSR count). The van der Waals surface area contributed by atoms with Crippen LogP contribution in [-0.4, -0.2) is 24.1 Å². The standard InChI is InChI=1S/C15H27NS2/c1-4-9-16-13(12-17-10-5-2)11-15-8-7-14(6-3)18-15/h7-8,13,16H,4-6,9-12H2,1-3H3. The van der Waals surface area contributed by atoms with Gasteiger partial charge in [0, 0.05) is 21.5 Å². The molecule has 0 saturated carbocycles. The van der Waals surface area contributed by atoms with Gasteiger partial charge in [-0.15, -0.1) is 11.3 Å². The number of hydrogen-bond acceptors (Lipinski definition) is 3. The van der Waals surface area contributed by atoms with E-state index in [1.807, 2.05) is 11.3 Å². The van der Waals surface area contributed by atoms with Gasteiger partial charge in [-0.25, -0.2) is 0 Å². The Bertz CT molecular complexity index is 309. The highest BCUT2D eigenvalue weighted by Crippen LogP contribution is 2.19. The van der Waals surface area contributed by atoms with Gasteiger partial charge in [-0.05, 0) is 50.1 Å². The predicted octanol–water partition coefficient (Wildman–Crippen LogP) is 4.36. The van der Waals surface area contributed by atoms with E-state index in [1.54, 1.807) is 0 Å². The molecular formula is C15H27NS2. The van der Waals surface area contributed by atoms with E-state index in [0.29, 0.717) is 6.04 Å². The average Bonchev–Trinajstić information content (AvgIpc) is 2.83. The van der Waals surface area contributed by atoms with Gasteiger partial charge in [0.2, 0.25) is 0 Å². The predicted molar refractivity (Wildman–Crippen MR) is 87.1 cm³/mol. The summed E-state index contributed by atoms with van der Waals surface area (Å²) in [6.07, 6.45) is 4.87. The minimum absolute atomic E-state index is 0.643. The van der Waals surface area contributed by atoms with Crippen LogP contribution in [-0.2, 0) is 12.8 Å². The maximum Gasteiger partial charge on any atom is 0.0206 e. The molecule has 0 radical (unpaired) electrons. The zero-order chi connectivity index (χ0) is 13.2. The first-order valence-corrected chi connectivity index (χ1v) is 9.15. The Balaban J connectivity index is 2.42. The average molecular weight is 286 g/mol. The number of thiophene rings is 1. The van der Waals surface area contributed by atoms with Crippen LogP contribution in [0, 0.1) is 0 Å². The summed E-state index contributed by atoms with van der Waals surface area (Å²) in [4.78, 5) is 3.05. The number of thioether (sulfide) groups is 1. The first-order valence-electron chi connectivity index (χ1n) is 7.18. The molecule has 1 nitrogen and oxygen atoms in total. The summed E-state index contributed by atoms with van der Waals surface area (Å²) in [6.45, 7) is 7.88. The number of aryl methyl sites for hydroxylation is 1. The number of rotatable bonds is 10. The molecule has 0 spiro atoms. The molecule has 1 N–H and O–H groups in total. The Kier molecular flexibility index (Phi) is 8.82. The van der Waals surface area contributed by atoms with Gasteiger partial charge in [-0.3, -0.25) is 0 Å². The Labute approximate surface area is 121 Å². The minimum Gasteiger partial charge on any atom is -0.313 e. The third-order valence-corrected chi connectivity index (χ3v) is 5.45. The Morgan fingerprint density at radius 1 is 1.17 bits per heavy atom. The molecule has 1 atom stereocenters.